The number of hydrogen-bond acceptors (Lipinski definition) is 3. The highest BCUT2D eigenvalue weighted by molar-refractivity contribution is 7.09. The molecule has 5 heteroatoms. The summed E-state index contributed by atoms with van der Waals surface area (Å²) in [7, 11) is 0. The third kappa shape index (κ3) is 2.46. The highest BCUT2D eigenvalue weighted by Crippen LogP contribution is 2.49. The number of aliphatic carboxylic acids is 1. The number of hydrogen-bond donors (Lipinski definition) is 2. The molecule has 108 valence electrons. The molecule has 20 heavy (non-hydrogen) atoms. The summed E-state index contributed by atoms with van der Waals surface area (Å²) in [4.78, 5) is 25.0. The largest absolute Gasteiger partial charge is 0.481 e. The van der Waals surface area contributed by atoms with Gasteiger partial charge in [-0.15, -0.1) is 11.3 Å². The first kappa shape index (κ1) is 13.6. The molecule has 0 aliphatic heterocycles. The number of nitrogens with one attached hydrogen (secondary N) is 1. The number of carbonyl (C=O) groups is 2. The first-order valence-electron chi connectivity index (χ1n) is 7.19. The van der Waals surface area contributed by atoms with Crippen LogP contribution in [0.3, 0.4) is 0 Å². The number of thiophene rings is 1. The Kier molecular flexibility index (Phi) is 3.78. The first-order chi connectivity index (χ1) is 9.66. The summed E-state index contributed by atoms with van der Waals surface area (Å²) in [6.07, 6.45) is 3.95. The van der Waals surface area contributed by atoms with Crippen molar-refractivity contribution in [3.05, 3.63) is 22.4 Å². The molecule has 2 N–H and O–H groups in total. The Balaban J connectivity index is 1.70. The molecule has 2 bridgehead atoms. The van der Waals surface area contributed by atoms with E-state index in [2.05, 4.69) is 5.32 Å². The molecule has 0 spiro atoms. The molecule has 0 aromatic carbocycles. The van der Waals surface area contributed by atoms with Crippen LogP contribution in [0, 0.1) is 23.7 Å². The molecule has 0 radical (unpaired) electrons. The van der Waals surface area contributed by atoms with Crippen LogP contribution in [0.1, 0.15) is 30.6 Å². The lowest BCUT2D eigenvalue weighted by molar-refractivity contribution is -0.158. The van der Waals surface area contributed by atoms with E-state index in [9.17, 15) is 14.7 Å². The molecule has 4 nitrogen and oxygen atoms in total. The molecule has 3 aliphatic carbocycles. The van der Waals surface area contributed by atoms with Crippen molar-refractivity contribution in [1.82, 2.24) is 5.32 Å². The van der Waals surface area contributed by atoms with Gasteiger partial charge < -0.3 is 10.4 Å². The van der Waals surface area contributed by atoms with E-state index in [1.165, 1.54) is 0 Å². The maximum absolute atomic E-state index is 12.4. The van der Waals surface area contributed by atoms with Crippen LogP contribution in [0.2, 0.25) is 0 Å². The predicted octanol–water partition coefficient (Wildman–Crippen LogP) is 2.50. The van der Waals surface area contributed by atoms with Crippen molar-refractivity contribution in [3.8, 4) is 0 Å². The van der Waals surface area contributed by atoms with Gasteiger partial charge in [-0.2, -0.15) is 0 Å². The SMILES string of the molecule is O=C(NCc1cccs1)[C@@H]1C2CCC(CC2)[C@@H]1C(=O)O. The highest BCUT2D eigenvalue weighted by atomic mass is 32.1. The minimum atomic E-state index is -0.796. The van der Waals surface area contributed by atoms with E-state index in [0.717, 1.165) is 30.6 Å². The van der Waals surface area contributed by atoms with Crippen LogP contribution in [0.15, 0.2) is 17.5 Å². The van der Waals surface area contributed by atoms with Gasteiger partial charge in [0.1, 0.15) is 0 Å². The van der Waals surface area contributed by atoms with Crippen molar-refractivity contribution in [2.45, 2.75) is 32.2 Å². The Morgan fingerprint density at radius 1 is 1.20 bits per heavy atom. The van der Waals surface area contributed by atoms with E-state index in [0.29, 0.717) is 6.54 Å². The van der Waals surface area contributed by atoms with Crippen LogP contribution in [0.5, 0.6) is 0 Å². The molecule has 0 unspecified atom stereocenters. The molecule has 4 rings (SSSR count). The zero-order valence-electron chi connectivity index (χ0n) is 11.2. The Morgan fingerprint density at radius 2 is 1.85 bits per heavy atom. The van der Waals surface area contributed by atoms with Gasteiger partial charge >= 0.3 is 5.97 Å². The fourth-order valence-electron chi connectivity index (χ4n) is 3.89. The van der Waals surface area contributed by atoms with Gasteiger partial charge in [-0.1, -0.05) is 6.07 Å². The van der Waals surface area contributed by atoms with Gasteiger partial charge in [-0.05, 0) is 49.0 Å². The standard InChI is InChI=1S/C15H19NO3S/c17-14(16-8-11-2-1-7-20-11)12-9-3-5-10(6-4-9)13(12)15(18)19/h1-2,7,9-10,12-13H,3-6,8H2,(H,16,17)(H,18,19)/t9?,10?,12-,13+/m1/s1. The maximum atomic E-state index is 12.4. The Bertz CT molecular complexity index is 491. The molecular formula is C15H19NO3S. The van der Waals surface area contributed by atoms with Gasteiger partial charge in [0.25, 0.3) is 0 Å². The van der Waals surface area contributed by atoms with Crippen molar-refractivity contribution < 1.29 is 14.7 Å². The van der Waals surface area contributed by atoms with Gasteiger partial charge in [0, 0.05) is 4.88 Å². The summed E-state index contributed by atoms with van der Waals surface area (Å²) >= 11 is 1.60. The number of fused-ring (bicyclic) bond motifs is 3. The first-order valence-corrected chi connectivity index (χ1v) is 8.07. The number of carboxylic acid groups (broad SMARTS) is 1. The summed E-state index contributed by atoms with van der Waals surface area (Å²) in [5.74, 6) is -1.24. The van der Waals surface area contributed by atoms with Gasteiger partial charge in [-0.3, -0.25) is 9.59 Å². The van der Waals surface area contributed by atoms with Crippen molar-refractivity contribution in [1.29, 1.82) is 0 Å². The minimum Gasteiger partial charge on any atom is -0.481 e. The Labute approximate surface area is 122 Å². The van der Waals surface area contributed by atoms with Crippen molar-refractivity contribution in [2.24, 2.45) is 23.7 Å². The second-order valence-electron chi connectivity index (χ2n) is 5.86. The van der Waals surface area contributed by atoms with Crippen LogP contribution < -0.4 is 5.32 Å². The minimum absolute atomic E-state index is 0.0693. The smallest absolute Gasteiger partial charge is 0.307 e. The molecule has 3 aliphatic rings. The average Bonchev–Trinajstić information content (AvgIpc) is 2.98. The van der Waals surface area contributed by atoms with Gasteiger partial charge in [0.15, 0.2) is 0 Å². The van der Waals surface area contributed by atoms with E-state index in [1.807, 2.05) is 17.5 Å². The normalized spacial score (nSPS) is 32.0. The summed E-state index contributed by atoms with van der Waals surface area (Å²) in [6.45, 7) is 0.511. The van der Waals surface area contributed by atoms with Crippen LogP contribution in [0.4, 0.5) is 0 Å². The molecule has 1 aromatic rings. The van der Waals surface area contributed by atoms with E-state index in [1.54, 1.807) is 11.3 Å². The quantitative estimate of drug-likeness (QED) is 0.896. The van der Waals surface area contributed by atoms with Gasteiger partial charge in [-0.25, -0.2) is 0 Å². The second kappa shape index (κ2) is 5.56. The third-order valence-corrected chi connectivity index (χ3v) is 5.70. The monoisotopic (exact) mass is 293 g/mol. The summed E-state index contributed by atoms with van der Waals surface area (Å²) in [5, 5.41) is 14.4. The van der Waals surface area contributed by atoms with Crippen molar-refractivity contribution >= 4 is 23.2 Å². The fourth-order valence-corrected chi connectivity index (χ4v) is 4.53. The van der Waals surface area contributed by atoms with Crippen molar-refractivity contribution in [2.75, 3.05) is 0 Å². The maximum Gasteiger partial charge on any atom is 0.307 e. The van der Waals surface area contributed by atoms with E-state index < -0.39 is 11.9 Å². The summed E-state index contributed by atoms with van der Waals surface area (Å²) in [5.41, 5.74) is 0. The predicted molar refractivity (Wildman–Crippen MR) is 76.2 cm³/mol. The number of amides is 1. The lowest BCUT2D eigenvalue weighted by Gasteiger charge is -2.45. The van der Waals surface area contributed by atoms with E-state index in [4.69, 9.17) is 0 Å². The molecule has 3 fully saturated rings. The summed E-state index contributed by atoms with van der Waals surface area (Å²) in [6, 6.07) is 3.93. The van der Waals surface area contributed by atoms with Crippen LogP contribution in [-0.4, -0.2) is 17.0 Å². The zero-order valence-corrected chi connectivity index (χ0v) is 12.1. The number of carboxylic acids is 1. The van der Waals surface area contributed by atoms with E-state index in [-0.39, 0.29) is 23.7 Å². The molecule has 1 amide bonds. The Hall–Kier alpha value is -1.36. The summed E-state index contributed by atoms with van der Waals surface area (Å²) < 4.78 is 0. The lowest BCUT2D eigenvalue weighted by atomic mass is 9.58. The topological polar surface area (TPSA) is 66.4 Å². The van der Waals surface area contributed by atoms with Crippen LogP contribution >= 0.6 is 11.3 Å². The van der Waals surface area contributed by atoms with Crippen molar-refractivity contribution in [3.63, 3.8) is 0 Å². The van der Waals surface area contributed by atoms with E-state index >= 15 is 0 Å². The average molecular weight is 293 g/mol. The molecule has 0 saturated heterocycles. The molecular weight excluding hydrogens is 274 g/mol. The third-order valence-electron chi connectivity index (χ3n) is 4.82. The second-order valence-corrected chi connectivity index (χ2v) is 6.89. The van der Waals surface area contributed by atoms with Gasteiger partial charge in [0.2, 0.25) is 5.91 Å². The molecule has 3 saturated carbocycles. The highest BCUT2D eigenvalue weighted by Gasteiger charge is 2.50. The van der Waals surface area contributed by atoms with Crippen LogP contribution in [-0.2, 0) is 16.1 Å². The molecule has 2 atom stereocenters. The van der Waals surface area contributed by atoms with Gasteiger partial charge in [0.05, 0.1) is 18.4 Å². The molecule has 1 heterocycles. The van der Waals surface area contributed by atoms with Crippen LogP contribution in [0.25, 0.3) is 0 Å². The Morgan fingerprint density at radius 3 is 2.40 bits per heavy atom. The number of rotatable bonds is 4. The lowest BCUT2D eigenvalue weighted by Crippen LogP contribution is -2.50. The fraction of sp³-hybridized carbons (Fsp3) is 0.600. The molecule has 1 aromatic heterocycles. The number of carbonyl (C=O) groups excluding carboxylic acids is 1. The zero-order chi connectivity index (χ0) is 14.1.